The molecule has 1 aliphatic heterocycles. The van der Waals surface area contributed by atoms with Crippen LogP contribution in [0.2, 0.25) is 0 Å². The van der Waals surface area contributed by atoms with Gasteiger partial charge in [0, 0.05) is 68.0 Å². The number of nitrogens with one attached hydrogen (secondary N) is 1. The van der Waals surface area contributed by atoms with Crippen LogP contribution in [0.5, 0.6) is 0 Å². The van der Waals surface area contributed by atoms with Crippen molar-refractivity contribution >= 4 is 26.6 Å². The van der Waals surface area contributed by atoms with Crippen LogP contribution in [0.3, 0.4) is 0 Å². The van der Waals surface area contributed by atoms with Crippen LogP contribution >= 0.6 is 0 Å². The number of amides is 1. The van der Waals surface area contributed by atoms with Gasteiger partial charge < -0.3 is 14.8 Å². The van der Waals surface area contributed by atoms with E-state index in [0.29, 0.717) is 17.0 Å². The number of rotatable bonds is 8. The largest absolute Gasteiger partial charge is 0.348 e. The molecule has 0 saturated carbocycles. The van der Waals surface area contributed by atoms with Crippen molar-refractivity contribution in [3.8, 4) is 0 Å². The van der Waals surface area contributed by atoms with E-state index in [0.717, 1.165) is 55.7 Å². The van der Waals surface area contributed by atoms with Crippen molar-refractivity contribution in [1.29, 1.82) is 0 Å². The first kappa shape index (κ1) is 24.4. The average Bonchev–Trinajstić information content (AvgIpc) is 3.20. The van der Waals surface area contributed by atoms with Crippen LogP contribution < -0.4 is 5.32 Å². The Labute approximate surface area is 202 Å². The number of sulfone groups is 1. The molecule has 0 aliphatic carbocycles. The fourth-order valence-corrected chi connectivity index (χ4v) is 5.36. The summed E-state index contributed by atoms with van der Waals surface area (Å²) in [6.45, 7) is 10.3. The number of aromatic nitrogens is 1. The van der Waals surface area contributed by atoms with Crippen molar-refractivity contribution in [2.75, 3.05) is 39.0 Å². The monoisotopic (exact) mass is 482 g/mol. The van der Waals surface area contributed by atoms with Crippen LogP contribution in [-0.2, 0) is 29.5 Å². The molecule has 0 bridgehead atoms. The molecule has 34 heavy (non-hydrogen) atoms. The molecular formula is C26H34N4O3S. The first-order chi connectivity index (χ1) is 16.3. The summed E-state index contributed by atoms with van der Waals surface area (Å²) in [6, 6.07) is 14.8. The van der Waals surface area contributed by atoms with E-state index in [1.807, 2.05) is 18.2 Å². The SMILES string of the molecule is CCn1c(CN2CCN(C)CC2)cc2cc(C(=O)NCc3ccc(S(=O)(=O)CC)cc3)ccc21. The van der Waals surface area contributed by atoms with Gasteiger partial charge in [0.05, 0.1) is 10.6 Å². The predicted molar refractivity (Wildman–Crippen MR) is 136 cm³/mol. The average molecular weight is 483 g/mol. The molecule has 8 heteroatoms. The number of hydrogen-bond donors (Lipinski definition) is 1. The molecule has 0 atom stereocenters. The number of piperazine rings is 1. The van der Waals surface area contributed by atoms with E-state index in [9.17, 15) is 13.2 Å². The van der Waals surface area contributed by atoms with E-state index in [1.54, 1.807) is 31.2 Å². The second-order valence-electron chi connectivity index (χ2n) is 8.96. The zero-order valence-electron chi connectivity index (χ0n) is 20.3. The van der Waals surface area contributed by atoms with Gasteiger partial charge in [-0.05, 0) is 55.9 Å². The van der Waals surface area contributed by atoms with Gasteiger partial charge in [0.25, 0.3) is 5.91 Å². The standard InChI is InChI=1S/C26H34N4O3S/c1-4-30-23(19-29-14-12-28(3)13-15-29)17-22-16-21(8-11-25(22)30)26(31)27-18-20-6-9-24(10-7-20)34(32,33)5-2/h6-11,16-17H,4-5,12-15,18-19H2,1-3H3,(H,27,31). The van der Waals surface area contributed by atoms with Crippen LogP contribution in [0, 0.1) is 0 Å². The van der Waals surface area contributed by atoms with Gasteiger partial charge in [0.15, 0.2) is 9.84 Å². The Hall–Kier alpha value is -2.68. The molecular weight excluding hydrogens is 448 g/mol. The Morgan fingerprint density at radius 2 is 1.68 bits per heavy atom. The highest BCUT2D eigenvalue weighted by Gasteiger charge is 2.17. The van der Waals surface area contributed by atoms with Gasteiger partial charge in [-0.15, -0.1) is 0 Å². The molecule has 4 rings (SSSR count). The fraction of sp³-hybridized carbons (Fsp3) is 0.423. The van der Waals surface area contributed by atoms with Gasteiger partial charge in [-0.3, -0.25) is 9.69 Å². The molecule has 7 nitrogen and oxygen atoms in total. The van der Waals surface area contributed by atoms with Crippen molar-refractivity contribution in [2.45, 2.75) is 38.4 Å². The molecule has 2 aromatic carbocycles. The summed E-state index contributed by atoms with van der Waals surface area (Å²) < 4.78 is 26.3. The summed E-state index contributed by atoms with van der Waals surface area (Å²) >= 11 is 0. The van der Waals surface area contributed by atoms with E-state index >= 15 is 0 Å². The van der Waals surface area contributed by atoms with Gasteiger partial charge >= 0.3 is 0 Å². The Balaban J connectivity index is 1.45. The third-order valence-electron chi connectivity index (χ3n) is 6.66. The quantitative estimate of drug-likeness (QED) is 0.534. The molecule has 1 N–H and O–H groups in total. The number of carbonyl (C=O) groups is 1. The number of likely N-dealkylation sites (N-methyl/N-ethyl adjacent to an activating group) is 1. The summed E-state index contributed by atoms with van der Waals surface area (Å²) in [6.07, 6.45) is 0. The minimum absolute atomic E-state index is 0.0718. The van der Waals surface area contributed by atoms with Gasteiger partial charge in [0.2, 0.25) is 0 Å². The lowest BCUT2D eigenvalue weighted by Crippen LogP contribution is -2.44. The van der Waals surface area contributed by atoms with E-state index in [4.69, 9.17) is 0 Å². The van der Waals surface area contributed by atoms with Crippen LogP contribution in [0.1, 0.15) is 35.5 Å². The maximum Gasteiger partial charge on any atom is 0.251 e. The zero-order chi connectivity index (χ0) is 24.3. The molecule has 1 aliphatic rings. The van der Waals surface area contributed by atoms with E-state index < -0.39 is 9.84 Å². The summed E-state index contributed by atoms with van der Waals surface area (Å²) in [5.74, 6) is -0.0698. The zero-order valence-corrected chi connectivity index (χ0v) is 21.1. The number of carbonyl (C=O) groups excluding carboxylic acids is 1. The Morgan fingerprint density at radius 3 is 2.32 bits per heavy atom. The van der Waals surface area contributed by atoms with Gasteiger partial charge in [-0.2, -0.15) is 0 Å². The lowest BCUT2D eigenvalue weighted by molar-refractivity contribution is 0.0951. The van der Waals surface area contributed by atoms with Crippen molar-refractivity contribution in [3.05, 3.63) is 65.4 Å². The first-order valence-corrected chi connectivity index (χ1v) is 13.6. The highest BCUT2D eigenvalue weighted by molar-refractivity contribution is 7.91. The lowest BCUT2D eigenvalue weighted by atomic mass is 10.1. The smallest absolute Gasteiger partial charge is 0.251 e. The third-order valence-corrected chi connectivity index (χ3v) is 8.41. The van der Waals surface area contributed by atoms with Crippen molar-refractivity contribution < 1.29 is 13.2 Å². The Bertz CT molecular complexity index is 1260. The lowest BCUT2D eigenvalue weighted by Gasteiger charge is -2.32. The van der Waals surface area contributed by atoms with Gasteiger partial charge in [0.1, 0.15) is 0 Å². The Morgan fingerprint density at radius 1 is 0.971 bits per heavy atom. The topological polar surface area (TPSA) is 74.7 Å². The van der Waals surface area contributed by atoms with Crippen molar-refractivity contribution in [1.82, 2.24) is 19.7 Å². The number of nitrogens with zero attached hydrogens (tertiary/aromatic N) is 3. The molecule has 0 radical (unpaired) electrons. The highest BCUT2D eigenvalue weighted by atomic mass is 32.2. The normalized spacial score (nSPS) is 15.6. The molecule has 1 aromatic heterocycles. The second-order valence-corrected chi connectivity index (χ2v) is 11.2. The molecule has 1 saturated heterocycles. The van der Waals surface area contributed by atoms with Crippen LogP contribution in [0.4, 0.5) is 0 Å². The van der Waals surface area contributed by atoms with Crippen LogP contribution in [0.15, 0.2) is 53.4 Å². The van der Waals surface area contributed by atoms with E-state index in [-0.39, 0.29) is 11.7 Å². The maximum atomic E-state index is 12.8. The summed E-state index contributed by atoms with van der Waals surface area (Å²) in [5.41, 5.74) is 3.91. The van der Waals surface area contributed by atoms with Crippen molar-refractivity contribution in [3.63, 3.8) is 0 Å². The minimum Gasteiger partial charge on any atom is -0.348 e. The highest BCUT2D eigenvalue weighted by Crippen LogP contribution is 2.23. The fourth-order valence-electron chi connectivity index (χ4n) is 4.47. The third kappa shape index (κ3) is 5.35. The molecule has 1 amide bonds. The maximum absolute atomic E-state index is 12.8. The number of aryl methyl sites for hydroxylation is 1. The second kappa shape index (κ2) is 10.3. The van der Waals surface area contributed by atoms with Gasteiger partial charge in [-0.1, -0.05) is 19.1 Å². The molecule has 3 aromatic rings. The number of benzene rings is 2. The summed E-state index contributed by atoms with van der Waals surface area (Å²) in [7, 11) is -1.05. The van der Waals surface area contributed by atoms with Gasteiger partial charge in [-0.25, -0.2) is 8.42 Å². The summed E-state index contributed by atoms with van der Waals surface area (Å²) in [4.78, 5) is 18.0. The molecule has 1 fully saturated rings. The number of fused-ring (bicyclic) bond motifs is 1. The van der Waals surface area contributed by atoms with Crippen LogP contribution in [0.25, 0.3) is 10.9 Å². The molecule has 0 spiro atoms. The van der Waals surface area contributed by atoms with E-state index in [1.165, 1.54) is 5.69 Å². The summed E-state index contributed by atoms with van der Waals surface area (Å²) in [5, 5.41) is 4.03. The molecule has 182 valence electrons. The first-order valence-electron chi connectivity index (χ1n) is 11.9. The van der Waals surface area contributed by atoms with E-state index in [2.05, 4.69) is 39.7 Å². The molecule has 2 heterocycles. The predicted octanol–water partition coefficient (Wildman–Crippen LogP) is 3.13. The van der Waals surface area contributed by atoms with Crippen LogP contribution in [-0.4, -0.2) is 67.7 Å². The molecule has 0 unspecified atom stereocenters. The minimum atomic E-state index is -3.22. The van der Waals surface area contributed by atoms with Crippen molar-refractivity contribution in [2.24, 2.45) is 0 Å². The Kier molecular flexibility index (Phi) is 7.40. The number of hydrogen-bond acceptors (Lipinski definition) is 5.